The lowest BCUT2D eigenvalue weighted by Crippen LogP contribution is -2.51. The Morgan fingerprint density at radius 3 is 2.71 bits per heavy atom. The van der Waals surface area contributed by atoms with Crippen LogP contribution >= 0.6 is 0 Å². The first-order valence-electron chi connectivity index (χ1n) is 7.43. The Hall–Kier alpha value is -2.47. The number of nitrogens with one attached hydrogen (secondary N) is 1. The lowest BCUT2D eigenvalue weighted by atomic mass is 9.84. The molecule has 24 heavy (non-hydrogen) atoms. The summed E-state index contributed by atoms with van der Waals surface area (Å²) in [6, 6.07) is 2.87. The lowest BCUT2D eigenvalue weighted by Gasteiger charge is -2.30. The fourth-order valence-electron chi connectivity index (χ4n) is 3.08. The molecule has 0 radical (unpaired) electrons. The minimum Gasteiger partial charge on any atom is -0.456 e. The Morgan fingerprint density at radius 2 is 2.25 bits per heavy atom. The van der Waals surface area contributed by atoms with Crippen molar-refractivity contribution in [2.45, 2.75) is 44.6 Å². The molecule has 1 saturated heterocycles. The van der Waals surface area contributed by atoms with Crippen LogP contribution in [0, 0.1) is 17.2 Å². The molecule has 130 valence electrons. The van der Waals surface area contributed by atoms with E-state index in [1.165, 1.54) is 0 Å². The van der Waals surface area contributed by atoms with Crippen molar-refractivity contribution in [2.75, 3.05) is 6.67 Å². The molecular weight excluding hydrogens is 321 g/mol. The van der Waals surface area contributed by atoms with E-state index in [-0.39, 0.29) is 6.42 Å². The number of hydrogen-bond donors (Lipinski definition) is 1. The van der Waals surface area contributed by atoms with Gasteiger partial charge in [-0.15, -0.1) is 0 Å². The molecule has 4 atom stereocenters. The van der Waals surface area contributed by atoms with Crippen LogP contribution in [0.2, 0.25) is 0 Å². The van der Waals surface area contributed by atoms with Crippen molar-refractivity contribution in [3.05, 3.63) is 33.1 Å². The minimum absolute atomic E-state index is 0.198. The molecular formula is C15H18FN3O5. The van der Waals surface area contributed by atoms with Crippen molar-refractivity contribution in [3.8, 4) is 6.07 Å². The van der Waals surface area contributed by atoms with E-state index in [0.29, 0.717) is 0 Å². The Kier molecular flexibility index (Phi) is 4.62. The highest BCUT2D eigenvalue weighted by Crippen LogP contribution is 2.48. The summed E-state index contributed by atoms with van der Waals surface area (Å²) in [7, 11) is 0. The number of hydrogen-bond acceptors (Lipinski definition) is 6. The third kappa shape index (κ3) is 2.53. The molecule has 1 fully saturated rings. The molecule has 2 rings (SSSR count). The molecule has 0 aliphatic carbocycles. The first kappa shape index (κ1) is 17.9. The highest BCUT2D eigenvalue weighted by Gasteiger charge is 2.64. The van der Waals surface area contributed by atoms with E-state index in [0.717, 1.165) is 23.8 Å². The normalized spacial score (nSPS) is 32.3. The van der Waals surface area contributed by atoms with Crippen LogP contribution in [0.4, 0.5) is 4.39 Å². The standard InChI is InChI=1S/C15H18FN3O5/c1-4-14(7-16)9(2)12(23-10(3)20)15(8-17,24-14)19-6-5-11(21)18-13(19)22/h5-6,9,12H,4,7H2,1-3H3,(H,18,21,22)/t9-,12+,14-,15+/m0/s1. The molecule has 8 nitrogen and oxygen atoms in total. The molecule has 0 aromatic carbocycles. The maximum absolute atomic E-state index is 13.8. The molecule has 1 aliphatic heterocycles. The van der Waals surface area contributed by atoms with Gasteiger partial charge in [0.15, 0.2) is 6.10 Å². The van der Waals surface area contributed by atoms with E-state index in [1.807, 2.05) is 11.1 Å². The van der Waals surface area contributed by atoms with Gasteiger partial charge in [-0.3, -0.25) is 19.1 Å². The van der Waals surface area contributed by atoms with E-state index in [2.05, 4.69) is 0 Å². The predicted octanol–water partition coefficient (Wildman–Crippen LogP) is 0.429. The van der Waals surface area contributed by atoms with E-state index < -0.39 is 47.2 Å². The lowest BCUT2D eigenvalue weighted by molar-refractivity contribution is -0.171. The fraction of sp³-hybridized carbons (Fsp3) is 0.600. The Bertz CT molecular complexity index is 791. The number of aromatic nitrogens is 2. The Labute approximate surface area is 136 Å². The third-order valence-corrected chi connectivity index (χ3v) is 4.49. The molecule has 0 bridgehead atoms. The second kappa shape index (κ2) is 6.20. The van der Waals surface area contributed by atoms with Gasteiger partial charge in [-0.1, -0.05) is 13.8 Å². The molecule has 0 saturated carbocycles. The molecule has 0 amide bonds. The van der Waals surface area contributed by atoms with Crippen LogP contribution in [-0.4, -0.2) is 33.9 Å². The number of esters is 1. The molecule has 1 aromatic rings. The SMILES string of the molecule is CC[C@@]1(CF)O[C@@](C#N)(n2ccc(=O)[nH]c2=O)[C@H](OC(C)=O)[C@@H]1C. The summed E-state index contributed by atoms with van der Waals surface area (Å²) < 4.78 is 25.5. The van der Waals surface area contributed by atoms with Crippen LogP contribution < -0.4 is 11.2 Å². The van der Waals surface area contributed by atoms with Crippen LogP contribution in [0.15, 0.2) is 21.9 Å². The van der Waals surface area contributed by atoms with E-state index in [1.54, 1.807) is 13.8 Å². The topological polar surface area (TPSA) is 114 Å². The van der Waals surface area contributed by atoms with Gasteiger partial charge in [-0.25, -0.2) is 9.18 Å². The summed E-state index contributed by atoms with van der Waals surface area (Å²) in [5.41, 5.74) is -5.05. The summed E-state index contributed by atoms with van der Waals surface area (Å²) in [6.07, 6.45) is 0.0425. The molecule has 2 heterocycles. The molecule has 1 aliphatic rings. The molecule has 0 spiro atoms. The summed E-state index contributed by atoms with van der Waals surface area (Å²) in [5, 5.41) is 9.75. The second-order valence-electron chi connectivity index (χ2n) is 5.76. The van der Waals surface area contributed by atoms with Crippen molar-refractivity contribution in [2.24, 2.45) is 5.92 Å². The number of halogens is 1. The number of nitriles is 1. The van der Waals surface area contributed by atoms with Gasteiger partial charge in [-0.2, -0.15) is 5.26 Å². The zero-order valence-electron chi connectivity index (χ0n) is 13.5. The average Bonchev–Trinajstić information content (AvgIpc) is 2.78. The molecule has 9 heteroatoms. The van der Waals surface area contributed by atoms with E-state index in [9.17, 15) is 24.0 Å². The average molecular weight is 339 g/mol. The summed E-state index contributed by atoms with van der Waals surface area (Å²) in [5.74, 6) is -1.40. The van der Waals surface area contributed by atoms with Gasteiger partial charge in [0.2, 0.25) is 0 Å². The number of alkyl halides is 1. The predicted molar refractivity (Wildman–Crippen MR) is 79.7 cm³/mol. The largest absolute Gasteiger partial charge is 0.456 e. The number of nitrogens with zero attached hydrogens (tertiary/aromatic N) is 2. The number of carbonyl (C=O) groups is 1. The fourth-order valence-corrected chi connectivity index (χ4v) is 3.08. The van der Waals surface area contributed by atoms with Gasteiger partial charge in [0.05, 0.1) is 0 Å². The molecule has 1 aromatic heterocycles. The van der Waals surface area contributed by atoms with Gasteiger partial charge < -0.3 is 9.47 Å². The quantitative estimate of drug-likeness (QED) is 0.796. The smallest absolute Gasteiger partial charge is 0.331 e. The summed E-state index contributed by atoms with van der Waals surface area (Å²) in [6.45, 7) is 3.48. The van der Waals surface area contributed by atoms with Crippen molar-refractivity contribution in [3.63, 3.8) is 0 Å². The number of aromatic amines is 1. The maximum Gasteiger partial charge on any atom is 0.331 e. The van der Waals surface area contributed by atoms with E-state index >= 15 is 0 Å². The monoisotopic (exact) mass is 339 g/mol. The summed E-state index contributed by atoms with van der Waals surface area (Å²) >= 11 is 0. The first-order valence-corrected chi connectivity index (χ1v) is 7.43. The Balaban J connectivity index is 2.72. The molecule has 0 unspecified atom stereocenters. The van der Waals surface area contributed by atoms with Gasteiger partial charge in [0.25, 0.3) is 11.3 Å². The van der Waals surface area contributed by atoms with Gasteiger partial charge >= 0.3 is 11.7 Å². The number of ether oxygens (including phenoxy) is 2. The van der Waals surface area contributed by atoms with Crippen molar-refractivity contribution >= 4 is 5.97 Å². The van der Waals surface area contributed by atoms with Crippen LogP contribution in [0.25, 0.3) is 0 Å². The van der Waals surface area contributed by atoms with Crippen molar-refractivity contribution in [1.82, 2.24) is 9.55 Å². The van der Waals surface area contributed by atoms with Crippen LogP contribution in [-0.2, 0) is 20.0 Å². The first-order chi connectivity index (χ1) is 11.3. The highest BCUT2D eigenvalue weighted by molar-refractivity contribution is 5.66. The minimum atomic E-state index is -2.07. The van der Waals surface area contributed by atoms with Gasteiger partial charge in [0, 0.05) is 25.1 Å². The number of H-pyrrole nitrogens is 1. The third-order valence-electron chi connectivity index (χ3n) is 4.49. The highest BCUT2D eigenvalue weighted by atomic mass is 19.1. The zero-order chi connectivity index (χ0) is 18.1. The van der Waals surface area contributed by atoms with Gasteiger partial charge in [-0.05, 0) is 6.42 Å². The Morgan fingerprint density at radius 1 is 1.58 bits per heavy atom. The van der Waals surface area contributed by atoms with E-state index in [4.69, 9.17) is 9.47 Å². The van der Waals surface area contributed by atoms with Crippen LogP contribution in [0.5, 0.6) is 0 Å². The number of rotatable bonds is 4. The van der Waals surface area contributed by atoms with Crippen LogP contribution in [0.1, 0.15) is 27.2 Å². The van der Waals surface area contributed by atoms with Crippen molar-refractivity contribution < 1.29 is 18.7 Å². The number of carbonyl (C=O) groups excluding carboxylic acids is 1. The zero-order valence-corrected chi connectivity index (χ0v) is 13.5. The molecule has 1 N–H and O–H groups in total. The van der Waals surface area contributed by atoms with Crippen molar-refractivity contribution in [1.29, 1.82) is 5.26 Å². The summed E-state index contributed by atoms with van der Waals surface area (Å²) in [4.78, 5) is 36.9. The second-order valence-corrected chi connectivity index (χ2v) is 5.76. The van der Waals surface area contributed by atoms with Crippen LogP contribution in [0.3, 0.4) is 0 Å². The van der Waals surface area contributed by atoms with Gasteiger partial charge in [0.1, 0.15) is 18.3 Å². The maximum atomic E-state index is 13.8.